The standard InChI is InChI=1S/C17H14BrF2N5.C9H4Br2FN3.C8H11FN2/c1-17(2,15-13(20)4-3-7-21-15)23-16-22-9-14(24-25-16)11-8-10(18)5-6-12(11)19;10-5-1-2-7(12)6(3-5)8-4-13-9(11)15-14-8;1-8(2,10)7-6(9)4-3-5-11-7/h3-9H,1-2H3,(H,22,23,25);1-4H;3-5H,10H2,1-2H3. The van der Waals surface area contributed by atoms with E-state index in [0.717, 1.165) is 8.95 Å². The van der Waals surface area contributed by atoms with Crippen molar-refractivity contribution in [2.45, 2.75) is 38.8 Å². The first kappa shape index (κ1) is 39.5. The lowest BCUT2D eigenvalue weighted by Crippen LogP contribution is -2.31. The fourth-order valence-electron chi connectivity index (χ4n) is 4.27. The number of pyridine rings is 2. The Labute approximate surface area is 316 Å². The summed E-state index contributed by atoms with van der Waals surface area (Å²) in [6, 6.07) is 14.9. The zero-order valence-corrected chi connectivity index (χ0v) is 32.1. The van der Waals surface area contributed by atoms with Gasteiger partial charge < -0.3 is 11.1 Å². The molecule has 0 aliphatic carbocycles. The van der Waals surface area contributed by atoms with Gasteiger partial charge in [-0.1, -0.05) is 31.9 Å². The van der Waals surface area contributed by atoms with Crippen molar-refractivity contribution in [1.82, 2.24) is 40.3 Å². The Morgan fingerprint density at radius 1 is 0.588 bits per heavy atom. The molecule has 6 rings (SSSR count). The maximum Gasteiger partial charge on any atom is 0.243 e. The molecule has 0 saturated heterocycles. The minimum absolute atomic E-state index is 0.189. The van der Waals surface area contributed by atoms with E-state index in [9.17, 15) is 17.6 Å². The normalized spacial score (nSPS) is 11.1. The summed E-state index contributed by atoms with van der Waals surface area (Å²) in [6.07, 6.45) is 5.92. The van der Waals surface area contributed by atoms with Gasteiger partial charge in [0, 0.05) is 32.5 Å². The van der Waals surface area contributed by atoms with E-state index < -0.39 is 22.7 Å². The van der Waals surface area contributed by atoms with Gasteiger partial charge >= 0.3 is 0 Å². The zero-order valence-electron chi connectivity index (χ0n) is 27.4. The van der Waals surface area contributed by atoms with Gasteiger partial charge in [0.05, 0.1) is 29.2 Å². The number of hydrogen-bond acceptors (Lipinski definition) is 10. The summed E-state index contributed by atoms with van der Waals surface area (Å²) in [5, 5.41) is 18.5. The van der Waals surface area contributed by atoms with Crippen molar-refractivity contribution in [2.24, 2.45) is 5.73 Å². The highest BCUT2D eigenvalue weighted by Crippen LogP contribution is 2.27. The Balaban J connectivity index is 0.000000190. The van der Waals surface area contributed by atoms with Crippen LogP contribution in [0.4, 0.5) is 23.5 Å². The van der Waals surface area contributed by atoms with E-state index >= 15 is 0 Å². The van der Waals surface area contributed by atoms with Crippen molar-refractivity contribution < 1.29 is 17.6 Å². The van der Waals surface area contributed by atoms with Gasteiger partial charge in [-0.15, -0.1) is 20.4 Å². The van der Waals surface area contributed by atoms with Gasteiger partial charge in [-0.25, -0.2) is 27.5 Å². The highest BCUT2D eigenvalue weighted by molar-refractivity contribution is 9.11. The maximum absolute atomic E-state index is 14.0. The summed E-state index contributed by atoms with van der Waals surface area (Å²) < 4.78 is 56.1. The molecule has 6 aromatic rings. The summed E-state index contributed by atoms with van der Waals surface area (Å²) in [5.74, 6) is -1.36. The fourth-order valence-corrected chi connectivity index (χ4v) is 5.18. The topological polar surface area (TPSA) is 141 Å². The molecule has 51 heavy (non-hydrogen) atoms. The molecule has 0 aliphatic heterocycles. The Hall–Kier alpha value is -4.32. The molecule has 10 nitrogen and oxygen atoms in total. The highest BCUT2D eigenvalue weighted by Gasteiger charge is 2.26. The number of nitrogens with zero attached hydrogens (tertiary/aromatic N) is 8. The molecular weight excluding hydrogens is 864 g/mol. The van der Waals surface area contributed by atoms with Crippen molar-refractivity contribution in [3.05, 3.63) is 134 Å². The van der Waals surface area contributed by atoms with Crippen LogP contribution in [0.15, 0.2) is 99.1 Å². The number of hydrogen-bond donors (Lipinski definition) is 2. The second-order valence-electron chi connectivity index (χ2n) is 11.7. The summed E-state index contributed by atoms with van der Waals surface area (Å²) in [7, 11) is 0. The molecule has 0 radical (unpaired) electrons. The number of aromatic nitrogens is 8. The van der Waals surface area contributed by atoms with E-state index in [1.54, 1.807) is 58.0 Å². The van der Waals surface area contributed by atoms with Gasteiger partial charge in [-0.05, 0) is 104 Å². The van der Waals surface area contributed by atoms with Crippen LogP contribution < -0.4 is 11.1 Å². The van der Waals surface area contributed by atoms with E-state index in [2.05, 4.69) is 93.4 Å². The summed E-state index contributed by atoms with van der Waals surface area (Å²) in [5.41, 5.74) is 6.00. The second-order valence-corrected chi connectivity index (χ2v) is 14.2. The first-order chi connectivity index (χ1) is 24.0. The van der Waals surface area contributed by atoms with Crippen LogP contribution in [0.1, 0.15) is 39.1 Å². The van der Waals surface area contributed by atoms with E-state index in [-0.39, 0.29) is 28.8 Å². The number of nitrogens with one attached hydrogen (secondary N) is 1. The summed E-state index contributed by atoms with van der Waals surface area (Å²) >= 11 is 9.62. The molecule has 3 N–H and O–H groups in total. The van der Waals surface area contributed by atoms with Gasteiger partial charge in [0.1, 0.15) is 40.4 Å². The molecule has 4 aromatic heterocycles. The molecule has 0 aliphatic rings. The SMILES string of the molecule is CC(C)(N)c1ncccc1F.CC(C)(Nc1ncc(-c2cc(Br)ccc2F)nn1)c1ncccc1F.Fc1ccc(Br)cc1-c1cnc(Br)nn1. The smallest absolute Gasteiger partial charge is 0.243 e. The lowest BCUT2D eigenvalue weighted by atomic mass is 10.00. The van der Waals surface area contributed by atoms with Crippen molar-refractivity contribution in [3.63, 3.8) is 0 Å². The molecular formula is C34H29Br3F4N10. The fraction of sp³-hybridized carbons (Fsp3) is 0.176. The van der Waals surface area contributed by atoms with Crippen molar-refractivity contribution >= 4 is 53.7 Å². The van der Waals surface area contributed by atoms with Crippen LogP contribution in [0.2, 0.25) is 0 Å². The van der Waals surface area contributed by atoms with E-state index in [1.807, 2.05) is 0 Å². The first-order valence-electron chi connectivity index (χ1n) is 14.8. The quantitative estimate of drug-likeness (QED) is 0.156. The monoisotopic (exact) mass is 890 g/mol. The van der Waals surface area contributed by atoms with Crippen molar-refractivity contribution in [2.75, 3.05) is 5.32 Å². The summed E-state index contributed by atoms with van der Waals surface area (Å²) in [4.78, 5) is 16.0. The van der Waals surface area contributed by atoms with Gasteiger partial charge in [0.25, 0.3) is 0 Å². The highest BCUT2D eigenvalue weighted by atomic mass is 79.9. The summed E-state index contributed by atoms with van der Waals surface area (Å²) in [6.45, 7) is 6.95. The minimum Gasteiger partial charge on any atom is -0.342 e. The number of benzene rings is 2. The van der Waals surface area contributed by atoms with Crippen LogP contribution in [0.5, 0.6) is 0 Å². The zero-order chi connectivity index (χ0) is 37.3. The molecule has 17 heteroatoms. The Morgan fingerprint density at radius 2 is 1.08 bits per heavy atom. The van der Waals surface area contributed by atoms with E-state index in [1.165, 1.54) is 55.1 Å². The van der Waals surface area contributed by atoms with Crippen LogP contribution in [-0.2, 0) is 11.1 Å². The average molecular weight is 893 g/mol. The molecule has 0 bridgehead atoms. The Kier molecular flexibility index (Phi) is 13.4. The number of rotatable bonds is 6. The van der Waals surface area contributed by atoms with Gasteiger partial charge in [0.2, 0.25) is 10.7 Å². The molecule has 0 fully saturated rings. The molecule has 4 heterocycles. The molecule has 0 spiro atoms. The van der Waals surface area contributed by atoms with Crippen LogP contribution >= 0.6 is 47.8 Å². The first-order valence-corrected chi connectivity index (χ1v) is 17.2. The number of halogens is 7. The van der Waals surface area contributed by atoms with Crippen LogP contribution in [0.3, 0.4) is 0 Å². The minimum atomic E-state index is -0.852. The van der Waals surface area contributed by atoms with Crippen molar-refractivity contribution in [1.29, 1.82) is 0 Å². The lowest BCUT2D eigenvalue weighted by molar-refractivity contribution is 0.482. The van der Waals surface area contributed by atoms with Crippen LogP contribution in [0.25, 0.3) is 22.5 Å². The average Bonchev–Trinajstić information content (AvgIpc) is 3.08. The molecule has 0 atom stereocenters. The van der Waals surface area contributed by atoms with Crippen LogP contribution in [-0.4, -0.2) is 40.3 Å². The predicted octanol–water partition coefficient (Wildman–Crippen LogP) is 8.94. The third-order valence-corrected chi connectivity index (χ3v) is 8.00. The lowest BCUT2D eigenvalue weighted by Gasteiger charge is -2.25. The molecule has 2 aromatic carbocycles. The number of anilines is 1. The third-order valence-electron chi connectivity index (χ3n) is 6.65. The van der Waals surface area contributed by atoms with Gasteiger partial charge in [-0.3, -0.25) is 9.97 Å². The molecule has 264 valence electrons. The molecule has 0 saturated carbocycles. The Morgan fingerprint density at radius 3 is 1.49 bits per heavy atom. The molecule has 0 amide bonds. The second kappa shape index (κ2) is 17.3. The predicted molar refractivity (Wildman–Crippen MR) is 196 cm³/mol. The van der Waals surface area contributed by atoms with Crippen molar-refractivity contribution in [3.8, 4) is 22.5 Å². The molecule has 0 unspecified atom stereocenters. The van der Waals surface area contributed by atoms with Gasteiger partial charge in [-0.2, -0.15) is 0 Å². The van der Waals surface area contributed by atoms with Gasteiger partial charge in [0.15, 0.2) is 0 Å². The third kappa shape index (κ3) is 11.1. The van der Waals surface area contributed by atoms with E-state index in [0.29, 0.717) is 27.4 Å². The Bertz CT molecular complexity index is 2080. The van der Waals surface area contributed by atoms with E-state index in [4.69, 9.17) is 5.73 Å². The van der Waals surface area contributed by atoms with Crippen LogP contribution in [0, 0.1) is 23.3 Å². The largest absolute Gasteiger partial charge is 0.342 e. The number of nitrogens with two attached hydrogens (primary N) is 1. The maximum atomic E-state index is 14.0.